The van der Waals surface area contributed by atoms with Crippen molar-refractivity contribution in [2.45, 2.75) is 6.92 Å². The Bertz CT molecular complexity index is 53.4. The van der Waals surface area contributed by atoms with Crippen LogP contribution in [0.25, 0.3) is 0 Å². The molecule has 54 valence electrons. The van der Waals surface area contributed by atoms with Crippen molar-refractivity contribution in [3.63, 3.8) is 0 Å². The van der Waals surface area contributed by atoms with Gasteiger partial charge in [-0.25, -0.2) is 0 Å². The zero-order chi connectivity index (χ0) is 5.91. The molecule has 7 heteroatoms. The monoisotopic (exact) mass is 276 g/mol. The molecular formula is C2H11CsO5Si. The predicted octanol–water partition coefficient (Wildman–Crippen LogP) is -3.04. The van der Waals surface area contributed by atoms with Gasteiger partial charge in [0.05, 0.1) is 0 Å². The molecule has 0 aromatic heterocycles. The van der Waals surface area contributed by atoms with Crippen molar-refractivity contribution in [1.82, 2.24) is 0 Å². The van der Waals surface area contributed by atoms with Gasteiger partial charge in [0.2, 0.25) is 0 Å². The average Bonchev–Trinajstić information content (AvgIpc) is 1.30. The molecule has 9 heavy (non-hydrogen) atoms. The molecule has 0 aliphatic carbocycles. The molecule has 0 unspecified atom stereocenters. The Morgan fingerprint density at radius 3 is 1.67 bits per heavy atom. The van der Waals surface area contributed by atoms with Gasteiger partial charge in [0, 0.05) is 6.61 Å². The first-order valence-electron chi connectivity index (χ1n) is 1.87. The van der Waals surface area contributed by atoms with E-state index in [1.807, 2.05) is 0 Å². The Hall–Kier alpha value is 2.07. The number of hydrogen-bond acceptors (Lipinski definition) is 4. The molecule has 0 saturated heterocycles. The second kappa shape index (κ2) is 8.17. The van der Waals surface area contributed by atoms with E-state index < -0.39 is 9.05 Å². The van der Waals surface area contributed by atoms with Crippen LogP contribution in [0.3, 0.4) is 0 Å². The van der Waals surface area contributed by atoms with Crippen molar-refractivity contribution in [3.8, 4) is 0 Å². The van der Waals surface area contributed by atoms with Gasteiger partial charge in [-0.15, -0.1) is 0 Å². The van der Waals surface area contributed by atoms with Crippen molar-refractivity contribution < 1.29 is 24.3 Å². The van der Waals surface area contributed by atoms with Crippen LogP contribution in [-0.2, 0) is 4.43 Å². The van der Waals surface area contributed by atoms with Gasteiger partial charge in [-0.1, -0.05) is 0 Å². The fourth-order valence-corrected chi connectivity index (χ4v) is 0.581. The summed E-state index contributed by atoms with van der Waals surface area (Å²) in [6.07, 6.45) is 0. The van der Waals surface area contributed by atoms with Gasteiger partial charge in [-0.2, -0.15) is 0 Å². The summed E-state index contributed by atoms with van der Waals surface area (Å²) >= 11 is 0. The van der Waals surface area contributed by atoms with Crippen LogP contribution in [-0.4, -0.2) is 104 Å². The van der Waals surface area contributed by atoms with Crippen molar-refractivity contribution >= 4 is 77.9 Å². The summed E-state index contributed by atoms with van der Waals surface area (Å²) in [5.41, 5.74) is 0. The third kappa shape index (κ3) is 17.8. The van der Waals surface area contributed by atoms with Crippen molar-refractivity contribution in [3.05, 3.63) is 0 Å². The van der Waals surface area contributed by atoms with Crippen LogP contribution in [0, 0.1) is 0 Å². The fourth-order valence-electron chi connectivity index (χ4n) is 0.194. The molecule has 0 aromatic carbocycles. The molecule has 0 bridgehead atoms. The summed E-state index contributed by atoms with van der Waals surface area (Å²) in [5.74, 6) is 0. The molecule has 0 fully saturated rings. The van der Waals surface area contributed by atoms with Crippen molar-refractivity contribution in [2.75, 3.05) is 6.61 Å². The maximum absolute atomic E-state index is 8.05. The number of hydrogen-bond donors (Lipinski definition) is 3. The van der Waals surface area contributed by atoms with Crippen LogP contribution < -0.4 is 0 Å². The van der Waals surface area contributed by atoms with Crippen LogP contribution in [0.1, 0.15) is 6.92 Å². The van der Waals surface area contributed by atoms with Crippen LogP contribution >= 0.6 is 0 Å². The Kier molecular flexibility index (Phi) is 15.6. The Balaban J connectivity index is -0.000000180. The van der Waals surface area contributed by atoms with E-state index in [9.17, 15) is 0 Å². The molecular weight excluding hydrogens is 265 g/mol. The summed E-state index contributed by atoms with van der Waals surface area (Å²) in [5, 5.41) is 0. The van der Waals surface area contributed by atoms with Crippen LogP contribution in [0.2, 0.25) is 0 Å². The van der Waals surface area contributed by atoms with Crippen molar-refractivity contribution in [1.29, 1.82) is 0 Å². The minimum atomic E-state index is -4.16. The molecule has 0 amide bonds. The van der Waals surface area contributed by atoms with Crippen LogP contribution in [0.15, 0.2) is 0 Å². The number of rotatable bonds is 2. The fraction of sp³-hybridized carbons (Fsp3) is 1.00. The van der Waals surface area contributed by atoms with E-state index in [-0.39, 0.29) is 81.0 Å². The molecule has 0 rings (SSSR count). The van der Waals surface area contributed by atoms with Gasteiger partial charge in [0.25, 0.3) is 0 Å². The van der Waals surface area contributed by atoms with E-state index in [4.69, 9.17) is 14.4 Å². The zero-order valence-electron chi connectivity index (χ0n) is 4.46. The molecule has 0 radical (unpaired) electrons. The van der Waals surface area contributed by atoms with Crippen molar-refractivity contribution in [2.24, 2.45) is 0 Å². The quantitative estimate of drug-likeness (QED) is 0.467. The van der Waals surface area contributed by atoms with Gasteiger partial charge in [0.1, 0.15) is 0 Å². The summed E-state index contributed by atoms with van der Waals surface area (Å²) in [6.45, 7) is 1.68. The van der Waals surface area contributed by atoms with Gasteiger partial charge in [-0.05, 0) is 6.92 Å². The van der Waals surface area contributed by atoms with Crippen LogP contribution in [0.5, 0.6) is 0 Å². The predicted molar refractivity (Wildman–Crippen MR) is 34.8 cm³/mol. The summed E-state index contributed by atoms with van der Waals surface area (Å²) in [6, 6.07) is 0. The normalized spacial score (nSPS) is 9.33. The minimum absolute atomic E-state index is 0. The topological polar surface area (TPSA) is 101 Å². The first kappa shape index (κ1) is 17.2. The van der Waals surface area contributed by atoms with Gasteiger partial charge < -0.3 is 24.3 Å². The summed E-state index contributed by atoms with van der Waals surface area (Å²) in [4.78, 5) is 24.1. The van der Waals surface area contributed by atoms with Gasteiger partial charge in [0.15, 0.2) is 0 Å². The van der Waals surface area contributed by atoms with E-state index >= 15 is 0 Å². The summed E-state index contributed by atoms with van der Waals surface area (Å²) < 4.78 is 4.03. The molecule has 5 nitrogen and oxygen atoms in total. The first-order chi connectivity index (χ1) is 3.06. The van der Waals surface area contributed by atoms with E-state index in [1.165, 1.54) is 0 Å². The van der Waals surface area contributed by atoms with E-state index in [1.54, 1.807) is 6.92 Å². The van der Waals surface area contributed by atoms with Gasteiger partial charge in [-0.3, -0.25) is 0 Å². The van der Waals surface area contributed by atoms with Gasteiger partial charge >= 0.3 is 77.9 Å². The van der Waals surface area contributed by atoms with E-state index in [0.717, 1.165) is 0 Å². The third-order valence-electron chi connectivity index (χ3n) is 0.338. The molecule has 0 aromatic rings. The zero-order valence-corrected chi connectivity index (χ0v) is 5.46. The molecule has 0 saturated carbocycles. The van der Waals surface area contributed by atoms with E-state index in [0.29, 0.717) is 0 Å². The molecule has 0 spiro atoms. The Morgan fingerprint density at radius 1 is 1.33 bits per heavy atom. The second-order valence-electron chi connectivity index (χ2n) is 1.01. The third-order valence-corrected chi connectivity index (χ3v) is 1.01. The Morgan fingerprint density at radius 2 is 1.67 bits per heavy atom. The molecule has 0 aliphatic heterocycles. The standard InChI is InChI=1S/C2H8O4Si.Cs.H2O.H/c1-2-6-7(3,4)5;;;/h3-5H,2H2,1H3;;1H2;. The Labute approximate surface area is 113 Å². The maximum atomic E-state index is 8.05. The molecule has 0 aliphatic rings. The van der Waals surface area contributed by atoms with Crippen LogP contribution in [0.4, 0.5) is 0 Å². The summed E-state index contributed by atoms with van der Waals surface area (Å²) in [7, 11) is -4.16. The molecule has 0 heterocycles. The molecule has 0 atom stereocenters. The first-order valence-corrected chi connectivity index (χ1v) is 3.62. The molecule has 5 N–H and O–H groups in total. The SMILES string of the molecule is CCO[Si](O)(O)O.O.[CsH]. The average molecular weight is 276 g/mol. The second-order valence-corrected chi connectivity index (χ2v) is 2.44. The van der Waals surface area contributed by atoms with E-state index in [2.05, 4.69) is 4.43 Å².